The number of ether oxygens (including phenoxy) is 3. The summed E-state index contributed by atoms with van der Waals surface area (Å²) in [6.45, 7) is 4.40. The fourth-order valence-electron chi connectivity index (χ4n) is 7.06. The molecule has 0 aliphatic heterocycles. The molecule has 0 radical (unpaired) electrons. The molecule has 3 unspecified atom stereocenters. The van der Waals surface area contributed by atoms with Gasteiger partial charge >= 0.3 is 25.7 Å². The van der Waals surface area contributed by atoms with E-state index < -0.39 is 57.8 Å². The van der Waals surface area contributed by atoms with Crippen molar-refractivity contribution in [1.82, 2.24) is 0 Å². The van der Waals surface area contributed by atoms with Gasteiger partial charge < -0.3 is 24.2 Å². The molecule has 11 nitrogen and oxygen atoms in total. The summed E-state index contributed by atoms with van der Waals surface area (Å²) in [6.07, 6.45) is 58.3. The normalized spacial score (nSPS) is 14.1. The van der Waals surface area contributed by atoms with E-state index in [4.69, 9.17) is 23.3 Å². The Bertz CT molecular complexity index is 1500. The van der Waals surface area contributed by atoms with E-state index in [1.165, 1.54) is 38.5 Å². The van der Waals surface area contributed by atoms with Gasteiger partial charge in [0.15, 0.2) is 6.10 Å². The molecular weight excluding hydrogens is 904 g/mol. The van der Waals surface area contributed by atoms with Crippen LogP contribution in [0.1, 0.15) is 226 Å². The molecule has 0 aliphatic rings. The fourth-order valence-corrected chi connectivity index (χ4v) is 7.85. The minimum atomic E-state index is -4.76. The maximum absolute atomic E-state index is 12.9. The van der Waals surface area contributed by atoms with Crippen molar-refractivity contribution in [3.05, 3.63) is 85.1 Å². The smallest absolute Gasteiger partial charge is 0.462 e. The van der Waals surface area contributed by atoms with Gasteiger partial charge in [-0.1, -0.05) is 183 Å². The Hall–Kier alpha value is -3.34. The lowest BCUT2D eigenvalue weighted by molar-refractivity contribution is -0.161. The number of phosphoric ester groups is 1. The quantitative estimate of drug-likeness (QED) is 0.0197. The van der Waals surface area contributed by atoms with E-state index in [0.29, 0.717) is 19.3 Å². The van der Waals surface area contributed by atoms with Gasteiger partial charge in [-0.05, 0) is 109 Å². The Morgan fingerprint density at radius 2 is 0.757 bits per heavy atom. The van der Waals surface area contributed by atoms with Gasteiger partial charge in [0.1, 0.15) is 12.7 Å². The molecule has 0 aliphatic carbocycles. The molecule has 70 heavy (non-hydrogen) atoms. The molecule has 0 heterocycles. The van der Waals surface area contributed by atoms with Gasteiger partial charge in [0.2, 0.25) is 0 Å². The lowest BCUT2D eigenvalue weighted by Crippen LogP contribution is -2.30. The maximum Gasteiger partial charge on any atom is 0.472 e. The minimum Gasteiger partial charge on any atom is -0.462 e. The first-order valence-electron chi connectivity index (χ1n) is 27.5. The van der Waals surface area contributed by atoms with E-state index in [1.54, 1.807) is 0 Å². The van der Waals surface area contributed by atoms with Crippen molar-refractivity contribution in [2.75, 3.05) is 26.4 Å². The van der Waals surface area contributed by atoms with E-state index in [0.717, 1.165) is 128 Å². The highest BCUT2D eigenvalue weighted by Crippen LogP contribution is 2.43. The Kier molecular flexibility index (Phi) is 49.5. The zero-order valence-corrected chi connectivity index (χ0v) is 45.1. The molecule has 0 saturated heterocycles. The van der Waals surface area contributed by atoms with Gasteiger partial charge in [-0.3, -0.25) is 23.4 Å². The van der Waals surface area contributed by atoms with Crippen molar-refractivity contribution in [3.8, 4) is 0 Å². The Labute approximate surface area is 426 Å². The highest BCUT2D eigenvalue weighted by molar-refractivity contribution is 7.47. The van der Waals surface area contributed by atoms with E-state index >= 15 is 0 Å². The molecule has 0 saturated carbocycles. The van der Waals surface area contributed by atoms with Crippen LogP contribution < -0.4 is 0 Å². The van der Waals surface area contributed by atoms with Crippen molar-refractivity contribution in [3.63, 3.8) is 0 Å². The molecule has 0 amide bonds. The Morgan fingerprint density at radius 1 is 0.414 bits per heavy atom. The summed E-state index contributed by atoms with van der Waals surface area (Å²) in [5.41, 5.74) is 0. The number of aliphatic hydroxyl groups is 1. The van der Waals surface area contributed by atoms with Crippen LogP contribution in [-0.4, -0.2) is 66.5 Å². The van der Waals surface area contributed by atoms with Crippen molar-refractivity contribution in [1.29, 1.82) is 0 Å². The van der Waals surface area contributed by atoms with Crippen LogP contribution in [0.25, 0.3) is 0 Å². The molecule has 0 aromatic carbocycles. The molecule has 0 bridgehead atoms. The Balaban J connectivity index is 4.80. The topological polar surface area (TPSA) is 155 Å². The highest BCUT2D eigenvalue weighted by Gasteiger charge is 2.28. The second-order valence-corrected chi connectivity index (χ2v) is 19.5. The van der Waals surface area contributed by atoms with E-state index in [2.05, 4.69) is 106 Å². The number of hydrogen-bond acceptors (Lipinski definition) is 10. The predicted octanol–water partition coefficient (Wildman–Crippen LogP) is 15.9. The number of aliphatic hydroxyl groups excluding tert-OH is 1. The Morgan fingerprint density at radius 3 is 1.21 bits per heavy atom. The third kappa shape index (κ3) is 49.6. The van der Waals surface area contributed by atoms with Crippen LogP contribution in [0.3, 0.4) is 0 Å². The number of carbonyl (C=O) groups is 3. The largest absolute Gasteiger partial charge is 0.472 e. The summed E-state index contributed by atoms with van der Waals surface area (Å²) >= 11 is 0. The number of rotatable bonds is 50. The van der Waals surface area contributed by atoms with Gasteiger partial charge in [0.05, 0.1) is 19.8 Å². The predicted molar refractivity (Wildman–Crippen MR) is 288 cm³/mol. The molecule has 2 N–H and O–H groups in total. The number of carbonyl (C=O) groups excluding carboxylic acids is 3. The van der Waals surface area contributed by atoms with Gasteiger partial charge in [-0.2, -0.15) is 0 Å². The van der Waals surface area contributed by atoms with Gasteiger partial charge in [0.25, 0.3) is 0 Å². The number of phosphoric acid groups is 1. The molecule has 3 atom stereocenters. The zero-order chi connectivity index (χ0) is 51.3. The van der Waals surface area contributed by atoms with Crippen molar-refractivity contribution in [2.24, 2.45) is 0 Å². The molecule has 0 fully saturated rings. The van der Waals surface area contributed by atoms with Crippen LogP contribution in [-0.2, 0) is 42.2 Å². The first kappa shape index (κ1) is 66.7. The second kappa shape index (κ2) is 52.0. The number of esters is 3. The van der Waals surface area contributed by atoms with Gasteiger partial charge in [-0.25, -0.2) is 4.57 Å². The SMILES string of the molecule is CC/C=C\C/C=C\C/C=C\C/C=C\C/C=C\CCCCCC(=O)OCC(COP(=O)(O)OCC(CO)OC(=O)CCCCCCC/C=C\CCCC)OC(=O)CCCCCCC/C=C\CCCCCC. The molecular formula is C58H99O11P. The number of unbranched alkanes of at least 4 members (excludes halogenated alkanes) is 19. The van der Waals surface area contributed by atoms with Crippen LogP contribution >= 0.6 is 7.82 Å². The van der Waals surface area contributed by atoms with E-state index in [-0.39, 0.29) is 25.9 Å². The second-order valence-electron chi connectivity index (χ2n) is 18.0. The molecule has 0 aromatic heterocycles. The van der Waals surface area contributed by atoms with Gasteiger partial charge in [0, 0.05) is 19.3 Å². The van der Waals surface area contributed by atoms with Crippen LogP contribution in [0, 0.1) is 0 Å². The van der Waals surface area contributed by atoms with Gasteiger partial charge in [-0.15, -0.1) is 0 Å². The summed E-state index contributed by atoms with van der Waals surface area (Å²) in [6, 6.07) is 0. The minimum absolute atomic E-state index is 0.146. The summed E-state index contributed by atoms with van der Waals surface area (Å²) in [7, 11) is -4.76. The fraction of sp³-hybridized carbons (Fsp3) is 0.707. The van der Waals surface area contributed by atoms with Crippen LogP contribution in [0.5, 0.6) is 0 Å². The van der Waals surface area contributed by atoms with Crippen LogP contribution in [0.2, 0.25) is 0 Å². The molecule has 402 valence electrons. The van der Waals surface area contributed by atoms with Crippen LogP contribution in [0.4, 0.5) is 0 Å². The monoisotopic (exact) mass is 1000 g/mol. The summed E-state index contributed by atoms with van der Waals surface area (Å²) in [5.74, 6) is -1.53. The molecule has 0 rings (SSSR count). The van der Waals surface area contributed by atoms with E-state index in [9.17, 15) is 28.9 Å². The zero-order valence-electron chi connectivity index (χ0n) is 44.2. The summed E-state index contributed by atoms with van der Waals surface area (Å²) < 4.78 is 39.4. The first-order valence-corrected chi connectivity index (χ1v) is 29.0. The third-order valence-corrected chi connectivity index (χ3v) is 12.2. The average molecular weight is 1000 g/mol. The lowest BCUT2D eigenvalue weighted by Gasteiger charge is -2.21. The number of allylic oxidation sites excluding steroid dienone is 14. The van der Waals surface area contributed by atoms with Crippen molar-refractivity contribution in [2.45, 2.75) is 238 Å². The van der Waals surface area contributed by atoms with Crippen LogP contribution in [0.15, 0.2) is 85.1 Å². The molecule has 0 spiro atoms. The first-order chi connectivity index (χ1) is 34.2. The average Bonchev–Trinajstić information content (AvgIpc) is 3.35. The van der Waals surface area contributed by atoms with Crippen molar-refractivity contribution >= 4 is 25.7 Å². The number of hydrogen-bond donors (Lipinski definition) is 2. The van der Waals surface area contributed by atoms with E-state index in [1.807, 2.05) is 0 Å². The molecule has 12 heteroatoms. The maximum atomic E-state index is 12.9. The summed E-state index contributed by atoms with van der Waals surface area (Å²) in [5, 5.41) is 9.77. The standard InChI is InChI=1S/C58H99O11P/c1-4-7-10-13-16-19-22-24-25-26-27-28-29-31-33-35-38-41-44-47-56(60)65-51-55(69-58(62)49-46-43-40-37-34-30-23-20-17-14-11-8-5-2)53-67-70(63,64)66-52-54(50-59)68-57(61)48-45-42-39-36-32-21-18-15-12-9-6-3/h7,10,15-16,18-20,23-25,27-28,31,33,54-55,59H,4-6,8-9,11-14,17,21-22,26,29-30,32,34-53H2,1-3H3,(H,63,64)/b10-7-,18-15-,19-16-,23-20-,25-24-,28-27-,33-31-. The highest BCUT2D eigenvalue weighted by atomic mass is 31.2. The lowest BCUT2D eigenvalue weighted by atomic mass is 10.1. The summed E-state index contributed by atoms with van der Waals surface area (Å²) in [4.78, 5) is 48.4. The molecule has 0 aromatic rings. The van der Waals surface area contributed by atoms with Crippen molar-refractivity contribution < 1.29 is 52.2 Å². The third-order valence-electron chi connectivity index (χ3n) is 11.3.